The number of aliphatic carboxylic acids is 1. The van der Waals surface area contributed by atoms with Crippen LogP contribution in [0.3, 0.4) is 0 Å². The molecule has 2 aliphatic rings. The minimum Gasteiger partial charge on any atom is -0.492 e. The fourth-order valence-electron chi connectivity index (χ4n) is 5.38. The summed E-state index contributed by atoms with van der Waals surface area (Å²) in [5.74, 6) is 1.26. The van der Waals surface area contributed by atoms with Gasteiger partial charge in [0.2, 0.25) is 0 Å². The normalized spacial score (nSPS) is 20.6. The van der Waals surface area contributed by atoms with E-state index in [1.54, 1.807) is 0 Å². The lowest BCUT2D eigenvalue weighted by molar-refractivity contribution is -0.137. The third-order valence-electron chi connectivity index (χ3n) is 7.12. The van der Waals surface area contributed by atoms with E-state index in [0.29, 0.717) is 24.7 Å². The first-order valence-corrected chi connectivity index (χ1v) is 12.5. The lowest BCUT2D eigenvalue weighted by Gasteiger charge is -2.20. The summed E-state index contributed by atoms with van der Waals surface area (Å²) in [5, 5.41) is 19.2. The zero-order chi connectivity index (χ0) is 25.2. The van der Waals surface area contributed by atoms with Crippen molar-refractivity contribution in [2.75, 3.05) is 6.61 Å². The van der Waals surface area contributed by atoms with E-state index in [2.05, 4.69) is 38.1 Å². The summed E-state index contributed by atoms with van der Waals surface area (Å²) in [5.41, 5.74) is 6.52. The van der Waals surface area contributed by atoms with E-state index in [-0.39, 0.29) is 24.5 Å². The van der Waals surface area contributed by atoms with Crippen molar-refractivity contribution in [1.82, 2.24) is 0 Å². The SMILES string of the molecule is Cc1cc(O[C@@H]2CCC[C@H]2O)cc(C)c1-c1cccc(COc2ccc3c(c2)OC[C@H]3CC(=O)O)c1. The predicted molar refractivity (Wildman–Crippen MR) is 137 cm³/mol. The van der Waals surface area contributed by atoms with Crippen molar-refractivity contribution in [3.8, 4) is 28.4 Å². The molecule has 0 spiro atoms. The van der Waals surface area contributed by atoms with E-state index in [1.807, 2.05) is 30.3 Å². The molecule has 188 valence electrons. The number of fused-ring (bicyclic) bond motifs is 1. The Balaban J connectivity index is 1.28. The average Bonchev–Trinajstić information content (AvgIpc) is 3.42. The molecule has 0 saturated heterocycles. The van der Waals surface area contributed by atoms with Crippen molar-refractivity contribution in [3.05, 3.63) is 76.9 Å². The first-order valence-electron chi connectivity index (χ1n) is 12.5. The van der Waals surface area contributed by atoms with E-state index in [0.717, 1.165) is 52.8 Å². The predicted octanol–water partition coefficient (Wildman–Crippen LogP) is 5.79. The van der Waals surface area contributed by atoms with Gasteiger partial charge in [0, 0.05) is 17.5 Å². The minimum atomic E-state index is -0.822. The number of aryl methyl sites for hydroxylation is 2. The quantitative estimate of drug-likeness (QED) is 0.417. The molecule has 0 unspecified atom stereocenters. The summed E-state index contributed by atoms with van der Waals surface area (Å²) in [6.45, 7) is 4.97. The Labute approximate surface area is 211 Å². The van der Waals surface area contributed by atoms with Crippen molar-refractivity contribution in [2.45, 2.75) is 64.3 Å². The van der Waals surface area contributed by atoms with Crippen LogP contribution in [0.1, 0.15) is 53.9 Å². The summed E-state index contributed by atoms with van der Waals surface area (Å²) >= 11 is 0. The van der Waals surface area contributed by atoms with Gasteiger partial charge in [-0.2, -0.15) is 0 Å². The average molecular weight is 489 g/mol. The van der Waals surface area contributed by atoms with Crippen molar-refractivity contribution in [3.63, 3.8) is 0 Å². The number of aliphatic hydroxyl groups excluding tert-OH is 1. The highest BCUT2D eigenvalue weighted by atomic mass is 16.5. The first-order chi connectivity index (χ1) is 17.4. The van der Waals surface area contributed by atoms with E-state index in [4.69, 9.17) is 19.3 Å². The number of ether oxygens (including phenoxy) is 3. The topological polar surface area (TPSA) is 85.2 Å². The molecule has 6 heteroatoms. The van der Waals surface area contributed by atoms with Gasteiger partial charge in [-0.15, -0.1) is 0 Å². The van der Waals surface area contributed by atoms with Gasteiger partial charge in [-0.3, -0.25) is 4.79 Å². The maximum absolute atomic E-state index is 11.1. The van der Waals surface area contributed by atoms with Crippen molar-refractivity contribution in [1.29, 1.82) is 0 Å². The Kier molecular flexibility index (Phi) is 6.88. The van der Waals surface area contributed by atoms with Gasteiger partial charge in [-0.05, 0) is 85.2 Å². The molecule has 0 amide bonds. The molecular weight excluding hydrogens is 456 g/mol. The molecule has 1 aliphatic carbocycles. The number of hydrogen-bond donors (Lipinski definition) is 2. The van der Waals surface area contributed by atoms with Crippen LogP contribution < -0.4 is 14.2 Å². The summed E-state index contributed by atoms with van der Waals surface area (Å²) in [4.78, 5) is 11.1. The molecule has 5 rings (SSSR count). The molecule has 2 N–H and O–H groups in total. The van der Waals surface area contributed by atoms with Crippen LogP contribution in [-0.4, -0.2) is 35.0 Å². The van der Waals surface area contributed by atoms with Crippen LogP contribution >= 0.6 is 0 Å². The molecule has 1 heterocycles. The van der Waals surface area contributed by atoms with Crippen LogP contribution in [0, 0.1) is 13.8 Å². The van der Waals surface area contributed by atoms with Gasteiger partial charge in [0.25, 0.3) is 0 Å². The molecule has 3 aromatic rings. The molecule has 3 atom stereocenters. The number of carbonyl (C=O) groups is 1. The van der Waals surface area contributed by atoms with Crippen molar-refractivity contribution >= 4 is 5.97 Å². The van der Waals surface area contributed by atoms with Gasteiger partial charge in [-0.1, -0.05) is 24.3 Å². The van der Waals surface area contributed by atoms with E-state index < -0.39 is 5.97 Å². The number of benzene rings is 3. The van der Waals surface area contributed by atoms with E-state index >= 15 is 0 Å². The molecule has 1 aliphatic heterocycles. The number of aliphatic hydroxyl groups is 1. The molecule has 0 bridgehead atoms. The van der Waals surface area contributed by atoms with Gasteiger partial charge < -0.3 is 24.4 Å². The molecule has 0 radical (unpaired) electrons. The van der Waals surface area contributed by atoms with Gasteiger partial charge in [0.1, 0.15) is 30.0 Å². The summed E-state index contributed by atoms with van der Waals surface area (Å²) in [7, 11) is 0. The van der Waals surface area contributed by atoms with Gasteiger partial charge in [0.15, 0.2) is 0 Å². The largest absolute Gasteiger partial charge is 0.492 e. The number of rotatable bonds is 8. The Hall–Kier alpha value is -3.51. The molecule has 1 fully saturated rings. The summed E-state index contributed by atoms with van der Waals surface area (Å²) in [6, 6.07) is 18.1. The van der Waals surface area contributed by atoms with Gasteiger partial charge in [-0.25, -0.2) is 0 Å². The monoisotopic (exact) mass is 488 g/mol. The van der Waals surface area contributed by atoms with Crippen molar-refractivity contribution in [2.24, 2.45) is 0 Å². The van der Waals surface area contributed by atoms with Crippen LogP contribution in [0.2, 0.25) is 0 Å². The Morgan fingerprint density at radius 1 is 1.03 bits per heavy atom. The number of hydrogen-bond acceptors (Lipinski definition) is 5. The Morgan fingerprint density at radius 2 is 1.83 bits per heavy atom. The molecule has 3 aromatic carbocycles. The molecule has 36 heavy (non-hydrogen) atoms. The zero-order valence-corrected chi connectivity index (χ0v) is 20.7. The highest BCUT2D eigenvalue weighted by Crippen LogP contribution is 2.38. The fraction of sp³-hybridized carbons (Fsp3) is 0.367. The Bertz CT molecular complexity index is 1240. The maximum atomic E-state index is 11.1. The van der Waals surface area contributed by atoms with Gasteiger partial charge in [0.05, 0.1) is 19.1 Å². The minimum absolute atomic E-state index is 0.0640. The highest BCUT2D eigenvalue weighted by molar-refractivity contribution is 5.72. The van der Waals surface area contributed by atoms with Crippen molar-refractivity contribution < 1.29 is 29.2 Å². The second-order valence-corrected chi connectivity index (χ2v) is 9.88. The summed E-state index contributed by atoms with van der Waals surface area (Å²) in [6.07, 6.45) is 2.25. The third-order valence-corrected chi connectivity index (χ3v) is 7.12. The van der Waals surface area contributed by atoms with Crippen LogP contribution in [0.25, 0.3) is 11.1 Å². The second-order valence-electron chi connectivity index (χ2n) is 9.88. The number of carboxylic acids is 1. The smallest absolute Gasteiger partial charge is 0.304 e. The van der Waals surface area contributed by atoms with Gasteiger partial charge >= 0.3 is 5.97 Å². The molecule has 0 aromatic heterocycles. The third kappa shape index (κ3) is 5.19. The molecule has 6 nitrogen and oxygen atoms in total. The zero-order valence-electron chi connectivity index (χ0n) is 20.7. The lowest BCUT2D eigenvalue weighted by atomic mass is 9.94. The Morgan fingerprint density at radius 3 is 2.56 bits per heavy atom. The highest BCUT2D eigenvalue weighted by Gasteiger charge is 2.28. The van der Waals surface area contributed by atoms with Crippen LogP contribution in [-0.2, 0) is 11.4 Å². The van der Waals surface area contributed by atoms with E-state index in [1.165, 1.54) is 5.56 Å². The van der Waals surface area contributed by atoms with Crippen LogP contribution in [0.4, 0.5) is 0 Å². The standard InChI is InChI=1S/C30H32O6/c1-18-11-24(36-27-8-4-7-26(27)31)12-19(2)30(18)21-6-3-5-20(13-21)16-34-23-9-10-25-22(14-29(32)33)17-35-28(25)15-23/h3,5-6,9-13,15,22,26-27,31H,4,7-8,14,16-17H2,1-2H3,(H,32,33)/t22-,26-,27-/m1/s1. The van der Waals surface area contributed by atoms with Crippen LogP contribution in [0.15, 0.2) is 54.6 Å². The van der Waals surface area contributed by atoms with Crippen LogP contribution in [0.5, 0.6) is 17.2 Å². The second kappa shape index (κ2) is 10.2. The molecular formula is C30H32O6. The number of carboxylic acid groups (broad SMARTS) is 1. The molecule has 1 saturated carbocycles. The first kappa shape index (κ1) is 24.2. The fourth-order valence-corrected chi connectivity index (χ4v) is 5.38. The lowest BCUT2D eigenvalue weighted by Crippen LogP contribution is -2.25. The summed E-state index contributed by atoms with van der Waals surface area (Å²) < 4.78 is 17.8. The maximum Gasteiger partial charge on any atom is 0.304 e. The van der Waals surface area contributed by atoms with E-state index in [9.17, 15) is 9.90 Å².